The Hall–Kier alpha value is -2.83. The van der Waals surface area contributed by atoms with Crippen molar-refractivity contribution in [2.24, 2.45) is 0 Å². The molecule has 1 aromatic carbocycles. The lowest BCUT2D eigenvalue weighted by Crippen LogP contribution is -2.44. The monoisotopic (exact) mass is 382 g/mol. The molecular weight excluding hydrogens is 356 g/mol. The molecule has 1 aromatic heterocycles. The van der Waals surface area contributed by atoms with E-state index in [1.807, 2.05) is 30.5 Å². The number of carbonyl (C=O) groups is 3. The molecule has 0 radical (unpaired) electrons. The summed E-state index contributed by atoms with van der Waals surface area (Å²) in [4.78, 5) is 41.6. The number of fused-ring (bicyclic) bond motifs is 1. The highest BCUT2D eigenvalue weighted by atomic mass is 16.2. The third-order valence-electron chi connectivity index (χ3n) is 5.73. The fourth-order valence-corrected chi connectivity index (χ4v) is 4.23. The van der Waals surface area contributed by atoms with Crippen molar-refractivity contribution in [3.05, 3.63) is 36.0 Å². The second-order valence-corrected chi connectivity index (χ2v) is 7.75. The number of benzene rings is 1. The molecule has 1 atom stereocenters. The van der Waals surface area contributed by atoms with Crippen LogP contribution in [0.4, 0.5) is 4.79 Å². The summed E-state index contributed by atoms with van der Waals surface area (Å²) < 4.78 is 0. The SMILES string of the molecule is O=C(CN1C(=O)N[C@@H](Cc2c[nH]c3ccccc23)C1=O)NC1CCCCCC1. The summed E-state index contributed by atoms with van der Waals surface area (Å²) in [5, 5.41) is 6.75. The number of rotatable bonds is 5. The van der Waals surface area contributed by atoms with Gasteiger partial charge in [-0.1, -0.05) is 43.9 Å². The molecule has 0 bridgehead atoms. The maximum Gasteiger partial charge on any atom is 0.325 e. The van der Waals surface area contributed by atoms with Crippen LogP contribution in [-0.2, 0) is 16.0 Å². The van der Waals surface area contributed by atoms with Crippen LogP contribution in [0.25, 0.3) is 10.9 Å². The number of aromatic amines is 1. The van der Waals surface area contributed by atoms with E-state index in [0.717, 1.165) is 47.0 Å². The lowest BCUT2D eigenvalue weighted by molar-refractivity contribution is -0.132. The number of nitrogens with one attached hydrogen (secondary N) is 3. The van der Waals surface area contributed by atoms with Gasteiger partial charge in [0.2, 0.25) is 5.91 Å². The molecule has 0 spiro atoms. The quantitative estimate of drug-likeness (QED) is 0.548. The fraction of sp³-hybridized carbons (Fsp3) is 0.476. The van der Waals surface area contributed by atoms with Gasteiger partial charge in [0, 0.05) is 29.6 Å². The summed E-state index contributed by atoms with van der Waals surface area (Å²) in [5.41, 5.74) is 1.97. The van der Waals surface area contributed by atoms with Gasteiger partial charge in [0.05, 0.1) is 0 Å². The van der Waals surface area contributed by atoms with Crippen molar-refractivity contribution in [1.82, 2.24) is 20.5 Å². The van der Waals surface area contributed by atoms with Crippen molar-refractivity contribution in [3.63, 3.8) is 0 Å². The third kappa shape index (κ3) is 3.88. The van der Waals surface area contributed by atoms with E-state index in [0.29, 0.717) is 6.42 Å². The molecule has 2 aliphatic rings. The zero-order chi connectivity index (χ0) is 19.5. The summed E-state index contributed by atoms with van der Waals surface area (Å²) in [6, 6.07) is 6.86. The van der Waals surface area contributed by atoms with Crippen LogP contribution < -0.4 is 10.6 Å². The average molecular weight is 382 g/mol. The number of urea groups is 1. The molecule has 2 fully saturated rings. The molecule has 2 heterocycles. The van der Waals surface area contributed by atoms with Gasteiger partial charge in [-0.05, 0) is 24.5 Å². The van der Waals surface area contributed by atoms with Crippen LogP contribution in [0.2, 0.25) is 0 Å². The number of imide groups is 1. The van der Waals surface area contributed by atoms with Crippen LogP contribution in [0.3, 0.4) is 0 Å². The molecule has 1 saturated heterocycles. The Labute approximate surface area is 163 Å². The van der Waals surface area contributed by atoms with Crippen LogP contribution in [0.5, 0.6) is 0 Å². The normalized spacial score (nSPS) is 21.0. The predicted molar refractivity (Wildman–Crippen MR) is 106 cm³/mol. The summed E-state index contributed by atoms with van der Waals surface area (Å²) in [6.07, 6.45) is 8.83. The second-order valence-electron chi connectivity index (χ2n) is 7.75. The number of aromatic nitrogens is 1. The third-order valence-corrected chi connectivity index (χ3v) is 5.73. The van der Waals surface area contributed by atoms with Crippen LogP contribution in [0.1, 0.15) is 44.1 Å². The maximum absolute atomic E-state index is 12.7. The number of para-hydroxylation sites is 1. The first-order valence-corrected chi connectivity index (χ1v) is 10.1. The van der Waals surface area contributed by atoms with E-state index in [2.05, 4.69) is 15.6 Å². The molecule has 1 saturated carbocycles. The highest BCUT2D eigenvalue weighted by Crippen LogP contribution is 2.21. The number of hydrogen-bond acceptors (Lipinski definition) is 3. The molecule has 7 heteroatoms. The average Bonchev–Trinajstić information content (AvgIpc) is 3.07. The van der Waals surface area contributed by atoms with Gasteiger partial charge < -0.3 is 15.6 Å². The van der Waals surface area contributed by atoms with Crippen LogP contribution in [0.15, 0.2) is 30.5 Å². The van der Waals surface area contributed by atoms with Gasteiger partial charge in [0.1, 0.15) is 12.6 Å². The van der Waals surface area contributed by atoms with E-state index in [-0.39, 0.29) is 24.4 Å². The van der Waals surface area contributed by atoms with Crippen LogP contribution in [-0.4, -0.2) is 46.4 Å². The Morgan fingerprint density at radius 2 is 1.86 bits per heavy atom. The van der Waals surface area contributed by atoms with Crippen molar-refractivity contribution in [2.75, 3.05) is 6.54 Å². The Kier molecular flexibility index (Phi) is 5.32. The molecule has 4 amide bonds. The Balaban J connectivity index is 1.37. The smallest absolute Gasteiger partial charge is 0.325 e. The zero-order valence-electron chi connectivity index (χ0n) is 15.9. The van der Waals surface area contributed by atoms with Gasteiger partial charge in [0.15, 0.2) is 0 Å². The van der Waals surface area contributed by atoms with Crippen LogP contribution >= 0.6 is 0 Å². The van der Waals surface area contributed by atoms with Gasteiger partial charge in [-0.2, -0.15) is 0 Å². The van der Waals surface area contributed by atoms with Gasteiger partial charge in [-0.25, -0.2) is 4.79 Å². The minimum atomic E-state index is -0.641. The molecular formula is C21H26N4O3. The molecule has 4 rings (SSSR count). The van der Waals surface area contributed by atoms with Gasteiger partial charge >= 0.3 is 6.03 Å². The topological polar surface area (TPSA) is 94.3 Å². The van der Waals surface area contributed by atoms with Gasteiger partial charge in [-0.3, -0.25) is 14.5 Å². The Morgan fingerprint density at radius 1 is 1.11 bits per heavy atom. The number of hydrogen-bond donors (Lipinski definition) is 3. The molecule has 1 aliphatic carbocycles. The summed E-state index contributed by atoms with van der Waals surface area (Å²) in [5.74, 6) is -0.602. The van der Waals surface area contributed by atoms with Crippen LogP contribution in [0, 0.1) is 0 Å². The molecule has 148 valence electrons. The highest BCUT2D eigenvalue weighted by molar-refractivity contribution is 6.06. The standard InChI is InChI=1S/C21H26N4O3/c26-19(23-15-7-3-1-2-4-8-15)13-25-20(27)18(24-21(25)28)11-14-12-22-17-10-6-5-9-16(14)17/h5-6,9-10,12,15,18,22H,1-4,7-8,11,13H2,(H,23,26)(H,24,28)/t18-/m0/s1. The van der Waals surface area contributed by atoms with Crippen molar-refractivity contribution in [3.8, 4) is 0 Å². The number of amides is 4. The molecule has 7 nitrogen and oxygen atoms in total. The molecule has 1 aliphatic heterocycles. The minimum Gasteiger partial charge on any atom is -0.361 e. The predicted octanol–water partition coefficient (Wildman–Crippen LogP) is 2.47. The lowest BCUT2D eigenvalue weighted by Gasteiger charge is -2.18. The van der Waals surface area contributed by atoms with E-state index in [9.17, 15) is 14.4 Å². The second kappa shape index (κ2) is 8.04. The van der Waals surface area contributed by atoms with E-state index < -0.39 is 12.1 Å². The van der Waals surface area contributed by atoms with E-state index in [1.165, 1.54) is 12.8 Å². The van der Waals surface area contributed by atoms with Crippen molar-refractivity contribution >= 4 is 28.7 Å². The highest BCUT2D eigenvalue weighted by Gasteiger charge is 2.39. The number of carbonyl (C=O) groups excluding carboxylic acids is 3. The summed E-state index contributed by atoms with van der Waals surface area (Å²) in [7, 11) is 0. The Morgan fingerprint density at radius 3 is 2.64 bits per heavy atom. The maximum atomic E-state index is 12.7. The largest absolute Gasteiger partial charge is 0.361 e. The Bertz CT molecular complexity index is 883. The molecule has 0 unspecified atom stereocenters. The van der Waals surface area contributed by atoms with E-state index in [4.69, 9.17) is 0 Å². The van der Waals surface area contributed by atoms with Gasteiger partial charge in [0.25, 0.3) is 5.91 Å². The van der Waals surface area contributed by atoms with E-state index in [1.54, 1.807) is 0 Å². The molecule has 2 aromatic rings. The minimum absolute atomic E-state index is 0.151. The molecule has 28 heavy (non-hydrogen) atoms. The first-order valence-electron chi connectivity index (χ1n) is 10.1. The van der Waals surface area contributed by atoms with Gasteiger partial charge in [-0.15, -0.1) is 0 Å². The van der Waals surface area contributed by atoms with Crippen molar-refractivity contribution in [2.45, 2.75) is 57.0 Å². The first-order chi connectivity index (χ1) is 13.6. The summed E-state index contributed by atoms with van der Waals surface area (Å²) in [6.45, 7) is -0.217. The lowest BCUT2D eigenvalue weighted by atomic mass is 10.1. The fourth-order valence-electron chi connectivity index (χ4n) is 4.23. The zero-order valence-corrected chi connectivity index (χ0v) is 15.9. The van der Waals surface area contributed by atoms with Crippen molar-refractivity contribution in [1.29, 1.82) is 0 Å². The number of H-pyrrole nitrogens is 1. The van der Waals surface area contributed by atoms with Crippen molar-refractivity contribution < 1.29 is 14.4 Å². The summed E-state index contributed by atoms with van der Waals surface area (Å²) >= 11 is 0. The molecule has 3 N–H and O–H groups in total. The van der Waals surface area contributed by atoms with E-state index >= 15 is 0 Å². The first kappa shape index (κ1) is 18.5. The number of nitrogens with zero attached hydrogens (tertiary/aromatic N) is 1.